The molecule has 0 aromatic heterocycles. The molecule has 0 atom stereocenters. The zero-order chi connectivity index (χ0) is 13.7. The van der Waals surface area contributed by atoms with Gasteiger partial charge in [0.05, 0.1) is 13.2 Å². The molecule has 4 heteroatoms. The van der Waals surface area contributed by atoms with Crippen molar-refractivity contribution in [1.29, 1.82) is 0 Å². The van der Waals surface area contributed by atoms with Crippen molar-refractivity contribution in [2.24, 2.45) is 0 Å². The van der Waals surface area contributed by atoms with Crippen LogP contribution in [0.4, 0.5) is 5.69 Å². The lowest BCUT2D eigenvalue weighted by Crippen LogP contribution is -2.54. The van der Waals surface area contributed by atoms with Gasteiger partial charge in [-0.05, 0) is 51.1 Å². The maximum atomic E-state index is 9.50. The average molecular weight is 264 g/mol. The Balaban J connectivity index is 1.97. The van der Waals surface area contributed by atoms with E-state index in [0.717, 1.165) is 31.7 Å². The minimum Gasteiger partial charge on any atom is -0.494 e. The number of aliphatic hydroxyl groups is 1. The van der Waals surface area contributed by atoms with E-state index in [4.69, 9.17) is 4.74 Å². The molecular weight excluding hydrogens is 240 g/mol. The van der Waals surface area contributed by atoms with E-state index < -0.39 is 0 Å². The second-order valence-corrected chi connectivity index (χ2v) is 5.10. The maximum absolute atomic E-state index is 9.50. The number of hydrogen-bond acceptors (Lipinski definition) is 4. The fraction of sp³-hybridized carbons (Fsp3) is 0.600. The monoisotopic (exact) mass is 264 g/mol. The van der Waals surface area contributed by atoms with Gasteiger partial charge in [0.2, 0.25) is 0 Å². The standard InChI is InChI=1S/C15H24N2O2/c1-3-19-14-6-4-13(5-7-14)17-10-8-15(12-18,16-2)9-11-17/h4-7,16,18H,3,8-12H2,1-2H3. The third-order valence-corrected chi connectivity index (χ3v) is 4.07. The van der Waals surface area contributed by atoms with Crippen LogP contribution in [0.5, 0.6) is 5.75 Å². The van der Waals surface area contributed by atoms with Crippen LogP contribution in [0.25, 0.3) is 0 Å². The fourth-order valence-corrected chi connectivity index (χ4v) is 2.60. The van der Waals surface area contributed by atoms with Crippen LogP contribution in [0.2, 0.25) is 0 Å². The first-order valence-electron chi connectivity index (χ1n) is 7.00. The van der Waals surface area contributed by atoms with E-state index in [1.165, 1.54) is 5.69 Å². The van der Waals surface area contributed by atoms with Crippen molar-refractivity contribution < 1.29 is 9.84 Å². The zero-order valence-corrected chi connectivity index (χ0v) is 11.9. The zero-order valence-electron chi connectivity index (χ0n) is 11.9. The van der Waals surface area contributed by atoms with Crippen LogP contribution in [0.15, 0.2) is 24.3 Å². The first-order valence-corrected chi connectivity index (χ1v) is 7.00. The van der Waals surface area contributed by atoms with Gasteiger partial charge in [-0.2, -0.15) is 0 Å². The predicted molar refractivity (Wildman–Crippen MR) is 77.9 cm³/mol. The van der Waals surface area contributed by atoms with E-state index in [2.05, 4.69) is 22.3 Å². The number of likely N-dealkylation sites (N-methyl/N-ethyl adjacent to an activating group) is 1. The first kappa shape index (κ1) is 14.2. The summed E-state index contributed by atoms with van der Waals surface area (Å²) in [6.07, 6.45) is 1.93. The van der Waals surface area contributed by atoms with E-state index in [1.54, 1.807) is 0 Å². The molecule has 0 unspecified atom stereocenters. The van der Waals surface area contributed by atoms with Crippen LogP contribution in [-0.2, 0) is 0 Å². The number of benzene rings is 1. The van der Waals surface area contributed by atoms with Gasteiger partial charge in [-0.3, -0.25) is 0 Å². The Labute approximate surface area is 115 Å². The third-order valence-electron chi connectivity index (χ3n) is 4.07. The molecule has 1 fully saturated rings. The van der Waals surface area contributed by atoms with Gasteiger partial charge in [0.25, 0.3) is 0 Å². The van der Waals surface area contributed by atoms with Gasteiger partial charge >= 0.3 is 0 Å². The molecule has 0 saturated carbocycles. The van der Waals surface area contributed by atoms with E-state index in [0.29, 0.717) is 6.61 Å². The van der Waals surface area contributed by atoms with Crippen molar-refractivity contribution >= 4 is 5.69 Å². The summed E-state index contributed by atoms with van der Waals surface area (Å²) in [6.45, 7) is 4.83. The summed E-state index contributed by atoms with van der Waals surface area (Å²) in [6, 6.07) is 8.25. The third kappa shape index (κ3) is 3.19. The molecular formula is C15H24N2O2. The molecule has 1 aromatic rings. The Kier molecular flexibility index (Phi) is 4.66. The molecule has 0 spiro atoms. The summed E-state index contributed by atoms with van der Waals surface area (Å²) in [7, 11) is 1.93. The van der Waals surface area contributed by atoms with Crippen LogP contribution in [0.1, 0.15) is 19.8 Å². The molecule has 0 amide bonds. The van der Waals surface area contributed by atoms with Gasteiger partial charge < -0.3 is 20.1 Å². The van der Waals surface area contributed by atoms with Crippen molar-refractivity contribution in [3.63, 3.8) is 0 Å². The molecule has 1 heterocycles. The Morgan fingerprint density at radius 1 is 1.26 bits per heavy atom. The first-order chi connectivity index (χ1) is 9.23. The van der Waals surface area contributed by atoms with Gasteiger partial charge in [-0.15, -0.1) is 0 Å². The molecule has 2 N–H and O–H groups in total. The van der Waals surface area contributed by atoms with Gasteiger partial charge in [0, 0.05) is 24.3 Å². The molecule has 106 valence electrons. The van der Waals surface area contributed by atoms with Gasteiger partial charge in [-0.1, -0.05) is 0 Å². The lowest BCUT2D eigenvalue weighted by Gasteiger charge is -2.41. The van der Waals surface area contributed by atoms with Crippen molar-refractivity contribution in [2.45, 2.75) is 25.3 Å². The molecule has 2 rings (SSSR count). The molecule has 1 aliphatic rings. The highest BCUT2D eigenvalue weighted by molar-refractivity contribution is 5.49. The summed E-state index contributed by atoms with van der Waals surface area (Å²) >= 11 is 0. The molecule has 0 bridgehead atoms. The second-order valence-electron chi connectivity index (χ2n) is 5.10. The van der Waals surface area contributed by atoms with Crippen LogP contribution >= 0.6 is 0 Å². The Bertz CT molecular complexity index is 378. The fourth-order valence-electron chi connectivity index (χ4n) is 2.60. The minimum absolute atomic E-state index is 0.0955. The number of nitrogens with one attached hydrogen (secondary N) is 1. The SMILES string of the molecule is CCOc1ccc(N2CCC(CO)(NC)CC2)cc1. The molecule has 1 aliphatic heterocycles. The minimum atomic E-state index is -0.0955. The Morgan fingerprint density at radius 2 is 1.89 bits per heavy atom. The molecule has 0 radical (unpaired) electrons. The van der Waals surface area contributed by atoms with Crippen LogP contribution in [0.3, 0.4) is 0 Å². The van der Waals surface area contributed by atoms with Crippen LogP contribution in [0, 0.1) is 0 Å². The van der Waals surface area contributed by atoms with E-state index in [-0.39, 0.29) is 12.1 Å². The molecule has 1 saturated heterocycles. The summed E-state index contributed by atoms with van der Waals surface area (Å²) < 4.78 is 5.45. The van der Waals surface area contributed by atoms with Crippen molar-refractivity contribution in [2.75, 3.05) is 38.3 Å². The van der Waals surface area contributed by atoms with Gasteiger partial charge in [0.15, 0.2) is 0 Å². The number of anilines is 1. The highest BCUT2D eigenvalue weighted by Gasteiger charge is 2.32. The number of rotatable bonds is 5. The number of nitrogens with zero attached hydrogens (tertiary/aromatic N) is 1. The largest absolute Gasteiger partial charge is 0.494 e. The summed E-state index contributed by atoms with van der Waals surface area (Å²) in [5, 5.41) is 12.8. The van der Waals surface area contributed by atoms with Crippen LogP contribution < -0.4 is 15.0 Å². The second kappa shape index (κ2) is 6.26. The quantitative estimate of drug-likeness (QED) is 0.848. The summed E-state index contributed by atoms with van der Waals surface area (Å²) in [5.41, 5.74) is 1.13. The molecule has 1 aromatic carbocycles. The number of aliphatic hydroxyl groups excluding tert-OH is 1. The molecule has 19 heavy (non-hydrogen) atoms. The highest BCUT2D eigenvalue weighted by atomic mass is 16.5. The Morgan fingerprint density at radius 3 is 2.37 bits per heavy atom. The number of hydrogen-bond donors (Lipinski definition) is 2. The van der Waals surface area contributed by atoms with Crippen molar-refractivity contribution in [1.82, 2.24) is 5.32 Å². The van der Waals surface area contributed by atoms with E-state index in [1.807, 2.05) is 26.1 Å². The summed E-state index contributed by atoms with van der Waals surface area (Å²) in [4.78, 5) is 2.36. The number of ether oxygens (including phenoxy) is 1. The van der Waals surface area contributed by atoms with Crippen LogP contribution in [-0.4, -0.2) is 44.0 Å². The lowest BCUT2D eigenvalue weighted by atomic mass is 9.88. The van der Waals surface area contributed by atoms with Gasteiger partial charge in [0.1, 0.15) is 5.75 Å². The molecule has 4 nitrogen and oxygen atoms in total. The number of piperidine rings is 1. The maximum Gasteiger partial charge on any atom is 0.119 e. The average Bonchev–Trinajstić information content (AvgIpc) is 2.49. The topological polar surface area (TPSA) is 44.7 Å². The highest BCUT2D eigenvalue weighted by Crippen LogP contribution is 2.27. The van der Waals surface area contributed by atoms with Crippen molar-refractivity contribution in [3.8, 4) is 5.75 Å². The predicted octanol–water partition coefficient (Wildman–Crippen LogP) is 1.64. The normalized spacial score (nSPS) is 18.4. The van der Waals surface area contributed by atoms with E-state index >= 15 is 0 Å². The summed E-state index contributed by atoms with van der Waals surface area (Å²) in [5.74, 6) is 0.920. The van der Waals surface area contributed by atoms with Gasteiger partial charge in [-0.25, -0.2) is 0 Å². The van der Waals surface area contributed by atoms with E-state index in [9.17, 15) is 5.11 Å². The Hall–Kier alpha value is -1.26. The van der Waals surface area contributed by atoms with Crippen molar-refractivity contribution in [3.05, 3.63) is 24.3 Å². The molecule has 0 aliphatic carbocycles. The lowest BCUT2D eigenvalue weighted by molar-refractivity contribution is 0.142. The smallest absolute Gasteiger partial charge is 0.119 e.